The molecule has 0 bridgehead atoms. The van der Waals surface area contributed by atoms with E-state index >= 15 is 0 Å². The Morgan fingerprint density at radius 2 is 1.94 bits per heavy atom. The zero-order valence-corrected chi connectivity index (χ0v) is 9.72. The summed E-state index contributed by atoms with van der Waals surface area (Å²) >= 11 is 0. The van der Waals surface area contributed by atoms with Gasteiger partial charge < -0.3 is 14.7 Å². The summed E-state index contributed by atoms with van der Waals surface area (Å²) in [5.74, 6) is 6.05. The highest BCUT2D eigenvalue weighted by Gasteiger charge is 2.09. The van der Waals surface area contributed by atoms with E-state index < -0.39 is 6.10 Å². The highest BCUT2D eigenvalue weighted by molar-refractivity contribution is 5.35. The van der Waals surface area contributed by atoms with E-state index in [0.29, 0.717) is 5.92 Å². The Morgan fingerprint density at radius 1 is 1.25 bits per heavy atom. The van der Waals surface area contributed by atoms with Gasteiger partial charge in [0.15, 0.2) is 0 Å². The molecule has 0 aliphatic rings. The van der Waals surface area contributed by atoms with Crippen molar-refractivity contribution in [1.82, 2.24) is 0 Å². The van der Waals surface area contributed by atoms with Crippen molar-refractivity contribution in [3.63, 3.8) is 0 Å². The van der Waals surface area contributed by atoms with E-state index in [9.17, 15) is 5.11 Å². The number of para-hydroxylation sites is 1. The van der Waals surface area contributed by atoms with Gasteiger partial charge in [-0.05, 0) is 17.5 Å². The van der Waals surface area contributed by atoms with Gasteiger partial charge in [-0.25, -0.2) is 5.90 Å². The molecular formula is C12H19NO3. The van der Waals surface area contributed by atoms with Crippen molar-refractivity contribution in [3.05, 3.63) is 29.8 Å². The third kappa shape index (κ3) is 3.81. The molecule has 90 valence electrons. The smallest absolute Gasteiger partial charge is 0.122 e. The molecule has 16 heavy (non-hydrogen) atoms. The van der Waals surface area contributed by atoms with Crippen LogP contribution in [0.25, 0.3) is 0 Å². The van der Waals surface area contributed by atoms with Crippen LogP contribution >= 0.6 is 0 Å². The summed E-state index contributed by atoms with van der Waals surface area (Å²) in [7, 11) is 0. The molecule has 0 spiro atoms. The molecule has 3 N–H and O–H groups in total. The fourth-order valence-corrected chi connectivity index (χ4v) is 1.43. The van der Waals surface area contributed by atoms with Gasteiger partial charge >= 0.3 is 0 Å². The first kappa shape index (κ1) is 13.0. The zero-order valence-electron chi connectivity index (χ0n) is 9.72. The van der Waals surface area contributed by atoms with E-state index in [0.717, 1.165) is 11.3 Å². The minimum atomic E-state index is -0.704. The number of hydrogen-bond donors (Lipinski definition) is 2. The summed E-state index contributed by atoms with van der Waals surface area (Å²) in [6.45, 7) is 4.45. The summed E-state index contributed by atoms with van der Waals surface area (Å²) in [6, 6.07) is 7.80. The highest BCUT2D eigenvalue weighted by Crippen LogP contribution is 2.25. The molecule has 0 aliphatic carbocycles. The lowest BCUT2D eigenvalue weighted by Crippen LogP contribution is -2.25. The molecule has 0 heterocycles. The third-order valence-corrected chi connectivity index (χ3v) is 2.26. The highest BCUT2D eigenvalue weighted by atomic mass is 16.6. The second kappa shape index (κ2) is 6.48. The Kier molecular flexibility index (Phi) is 5.25. The van der Waals surface area contributed by atoms with E-state index in [4.69, 9.17) is 10.6 Å². The third-order valence-electron chi connectivity index (χ3n) is 2.26. The van der Waals surface area contributed by atoms with Crippen molar-refractivity contribution in [3.8, 4) is 5.75 Å². The molecule has 0 saturated heterocycles. The van der Waals surface area contributed by atoms with Crippen LogP contribution in [0.1, 0.15) is 25.3 Å². The van der Waals surface area contributed by atoms with Crippen LogP contribution in [-0.4, -0.2) is 24.4 Å². The first-order chi connectivity index (χ1) is 7.65. The van der Waals surface area contributed by atoms with Crippen molar-refractivity contribution >= 4 is 0 Å². The minimum absolute atomic E-state index is 0.0733. The lowest BCUT2D eigenvalue weighted by molar-refractivity contribution is 0.0114. The molecule has 1 unspecified atom stereocenters. The van der Waals surface area contributed by atoms with E-state index in [1.807, 2.05) is 24.3 Å². The second-order valence-electron chi connectivity index (χ2n) is 3.99. The number of rotatable bonds is 6. The monoisotopic (exact) mass is 225 g/mol. The van der Waals surface area contributed by atoms with Gasteiger partial charge in [0.1, 0.15) is 18.5 Å². The maximum atomic E-state index is 9.41. The summed E-state index contributed by atoms with van der Waals surface area (Å²) in [6.07, 6.45) is -0.704. The van der Waals surface area contributed by atoms with Crippen molar-refractivity contribution in [2.75, 3.05) is 13.2 Å². The topological polar surface area (TPSA) is 64.7 Å². The quantitative estimate of drug-likeness (QED) is 0.719. The molecule has 0 amide bonds. The van der Waals surface area contributed by atoms with Crippen molar-refractivity contribution in [2.45, 2.75) is 25.9 Å². The molecule has 4 nitrogen and oxygen atoms in total. The standard InChI is InChI=1S/C12H19NO3/c1-9(2)11-5-3-4-6-12(11)15-7-10(14)8-16-13/h3-6,9-10,14H,7-8,13H2,1-2H3. The first-order valence-electron chi connectivity index (χ1n) is 5.36. The fraction of sp³-hybridized carbons (Fsp3) is 0.500. The average molecular weight is 225 g/mol. The Morgan fingerprint density at radius 3 is 2.56 bits per heavy atom. The Balaban J connectivity index is 2.59. The van der Waals surface area contributed by atoms with Gasteiger partial charge in [0.2, 0.25) is 0 Å². The van der Waals surface area contributed by atoms with E-state index in [1.54, 1.807) is 0 Å². The Hall–Kier alpha value is -1.10. The molecule has 1 atom stereocenters. The summed E-state index contributed by atoms with van der Waals surface area (Å²) in [5.41, 5.74) is 1.13. The summed E-state index contributed by atoms with van der Waals surface area (Å²) in [5, 5.41) is 9.41. The number of hydrogen-bond acceptors (Lipinski definition) is 4. The first-order valence-corrected chi connectivity index (χ1v) is 5.36. The summed E-state index contributed by atoms with van der Waals surface area (Å²) < 4.78 is 5.53. The van der Waals surface area contributed by atoms with Crippen molar-refractivity contribution in [1.29, 1.82) is 0 Å². The molecule has 1 aromatic rings. The van der Waals surface area contributed by atoms with Gasteiger partial charge in [-0.3, -0.25) is 0 Å². The van der Waals surface area contributed by atoms with Gasteiger partial charge in [0.25, 0.3) is 0 Å². The lowest BCUT2D eigenvalue weighted by Gasteiger charge is -2.15. The molecule has 4 heteroatoms. The number of aliphatic hydroxyl groups excluding tert-OH is 1. The molecule has 0 aromatic heterocycles. The molecule has 0 fully saturated rings. The van der Waals surface area contributed by atoms with Crippen LogP contribution in [0.3, 0.4) is 0 Å². The van der Waals surface area contributed by atoms with E-state index in [2.05, 4.69) is 18.7 Å². The van der Waals surface area contributed by atoms with Crippen LogP contribution in [0, 0.1) is 0 Å². The van der Waals surface area contributed by atoms with Gasteiger partial charge in [0, 0.05) is 0 Å². The van der Waals surface area contributed by atoms with E-state index in [1.165, 1.54) is 0 Å². The molecular weight excluding hydrogens is 206 g/mol. The number of benzene rings is 1. The van der Waals surface area contributed by atoms with Crippen LogP contribution in [0.5, 0.6) is 5.75 Å². The zero-order chi connectivity index (χ0) is 12.0. The lowest BCUT2D eigenvalue weighted by atomic mass is 10.0. The predicted octanol–water partition coefficient (Wildman–Crippen LogP) is 1.44. The maximum Gasteiger partial charge on any atom is 0.122 e. The normalized spacial score (nSPS) is 12.8. The van der Waals surface area contributed by atoms with Crippen LogP contribution in [0.4, 0.5) is 0 Å². The number of aliphatic hydroxyl groups is 1. The van der Waals surface area contributed by atoms with Crippen LogP contribution < -0.4 is 10.6 Å². The van der Waals surface area contributed by atoms with Crippen molar-refractivity contribution < 1.29 is 14.7 Å². The molecule has 0 aliphatic heterocycles. The Labute approximate surface area is 95.9 Å². The van der Waals surface area contributed by atoms with Crippen LogP contribution in [-0.2, 0) is 4.84 Å². The molecule has 1 rings (SSSR count). The van der Waals surface area contributed by atoms with Crippen LogP contribution in [0.2, 0.25) is 0 Å². The fourth-order valence-electron chi connectivity index (χ4n) is 1.43. The van der Waals surface area contributed by atoms with Crippen molar-refractivity contribution in [2.24, 2.45) is 5.90 Å². The molecule has 1 aromatic carbocycles. The van der Waals surface area contributed by atoms with Gasteiger partial charge in [-0.1, -0.05) is 32.0 Å². The van der Waals surface area contributed by atoms with E-state index in [-0.39, 0.29) is 13.2 Å². The van der Waals surface area contributed by atoms with Gasteiger partial charge in [0.05, 0.1) is 6.61 Å². The average Bonchev–Trinajstić information content (AvgIpc) is 2.27. The van der Waals surface area contributed by atoms with Gasteiger partial charge in [-0.2, -0.15) is 0 Å². The predicted molar refractivity (Wildman–Crippen MR) is 62.2 cm³/mol. The van der Waals surface area contributed by atoms with Crippen LogP contribution in [0.15, 0.2) is 24.3 Å². The minimum Gasteiger partial charge on any atom is -0.491 e. The second-order valence-corrected chi connectivity index (χ2v) is 3.99. The molecule has 0 radical (unpaired) electrons. The number of nitrogens with two attached hydrogens (primary N) is 1. The number of ether oxygens (including phenoxy) is 1. The molecule has 0 saturated carbocycles. The summed E-state index contributed by atoms with van der Waals surface area (Å²) in [4.78, 5) is 4.34. The maximum absolute atomic E-state index is 9.41. The largest absolute Gasteiger partial charge is 0.491 e. The Bertz CT molecular complexity index is 315. The van der Waals surface area contributed by atoms with Gasteiger partial charge in [-0.15, -0.1) is 0 Å². The SMILES string of the molecule is CC(C)c1ccccc1OCC(O)CON.